The number of carboxylic acids is 1. The lowest BCUT2D eigenvalue weighted by Crippen LogP contribution is -2.49. The minimum atomic E-state index is -1.05. The first-order valence-electron chi connectivity index (χ1n) is 15.1. The van der Waals surface area contributed by atoms with Crippen molar-refractivity contribution in [3.8, 4) is 6.07 Å². The molecule has 47 heavy (non-hydrogen) atoms. The molecule has 0 aromatic heterocycles. The molecule has 5 rings (SSSR count). The number of urea groups is 1. The number of para-hydroxylation sites is 1. The maximum Gasteiger partial charge on any atom is 0.323 e. The fourth-order valence-electron chi connectivity index (χ4n) is 5.35. The number of carbonyl (C=O) groups excluding carboxylic acids is 3. The average molecular weight is 631 g/mol. The second kappa shape index (κ2) is 14.8. The van der Waals surface area contributed by atoms with Crippen LogP contribution in [-0.2, 0) is 4.79 Å². The molecule has 4 N–H and O–H groups in total. The Morgan fingerprint density at radius 3 is 2.13 bits per heavy atom. The summed E-state index contributed by atoms with van der Waals surface area (Å²) in [4.78, 5) is 55.1. The van der Waals surface area contributed by atoms with Gasteiger partial charge in [0.05, 0.1) is 35.5 Å². The summed E-state index contributed by atoms with van der Waals surface area (Å²) in [6, 6.07) is 28.5. The van der Waals surface area contributed by atoms with Gasteiger partial charge >= 0.3 is 12.0 Å². The van der Waals surface area contributed by atoms with Crippen LogP contribution in [0.3, 0.4) is 0 Å². The number of carboxylic acid groups (broad SMARTS) is 1. The standard InChI is InChI=1S/C36H34N6O5/c1-24-7-11-26(12-8-24)30(22-33(43)44)39-34(45)28-15-16-32(31(21-28)40-36(47)38-29-5-3-2-4-6-29)41-17-19-42(20-18-41)35(46)27-13-9-25(23-37)10-14-27/h2-16,21,30H,17-20,22H2,1H3,(H,39,45)(H,43,44)(H2,38,40,47). The molecule has 1 aliphatic rings. The minimum absolute atomic E-state index is 0.133. The Morgan fingerprint density at radius 2 is 1.49 bits per heavy atom. The third-order valence-electron chi connectivity index (χ3n) is 7.87. The van der Waals surface area contributed by atoms with Gasteiger partial charge in [0.15, 0.2) is 0 Å². The van der Waals surface area contributed by atoms with Gasteiger partial charge in [0.25, 0.3) is 11.8 Å². The van der Waals surface area contributed by atoms with E-state index in [0.29, 0.717) is 59.9 Å². The van der Waals surface area contributed by atoms with Gasteiger partial charge in [0.2, 0.25) is 0 Å². The maximum atomic E-state index is 13.5. The summed E-state index contributed by atoms with van der Waals surface area (Å²) in [6.45, 7) is 3.70. The summed E-state index contributed by atoms with van der Waals surface area (Å²) < 4.78 is 0. The van der Waals surface area contributed by atoms with Crippen LogP contribution in [0, 0.1) is 18.3 Å². The third kappa shape index (κ3) is 8.32. The van der Waals surface area contributed by atoms with Gasteiger partial charge in [-0.1, -0.05) is 48.0 Å². The predicted molar refractivity (Wildman–Crippen MR) is 178 cm³/mol. The Labute approximate surface area is 272 Å². The lowest BCUT2D eigenvalue weighted by Gasteiger charge is -2.37. The fourth-order valence-corrected chi connectivity index (χ4v) is 5.35. The number of hydrogen-bond acceptors (Lipinski definition) is 6. The van der Waals surface area contributed by atoms with Crippen molar-refractivity contribution in [3.63, 3.8) is 0 Å². The average Bonchev–Trinajstić information content (AvgIpc) is 3.08. The maximum absolute atomic E-state index is 13.5. The van der Waals surface area contributed by atoms with E-state index in [4.69, 9.17) is 5.26 Å². The number of hydrogen-bond donors (Lipinski definition) is 4. The largest absolute Gasteiger partial charge is 0.481 e. The van der Waals surface area contributed by atoms with Gasteiger partial charge < -0.3 is 30.9 Å². The van der Waals surface area contributed by atoms with Crippen molar-refractivity contribution in [2.75, 3.05) is 41.7 Å². The number of benzene rings is 4. The molecule has 1 atom stereocenters. The smallest absolute Gasteiger partial charge is 0.323 e. The summed E-state index contributed by atoms with van der Waals surface area (Å²) in [5, 5.41) is 27.1. The normalized spacial score (nSPS) is 13.2. The van der Waals surface area contributed by atoms with Crippen molar-refractivity contribution < 1.29 is 24.3 Å². The number of nitrogens with zero attached hydrogens (tertiary/aromatic N) is 3. The van der Waals surface area contributed by atoms with Crippen LogP contribution in [0.25, 0.3) is 0 Å². The Morgan fingerprint density at radius 1 is 0.830 bits per heavy atom. The lowest BCUT2D eigenvalue weighted by molar-refractivity contribution is -0.137. The quantitative estimate of drug-likeness (QED) is 0.193. The molecule has 11 heteroatoms. The van der Waals surface area contributed by atoms with Gasteiger partial charge in [0, 0.05) is 43.0 Å². The van der Waals surface area contributed by atoms with E-state index in [1.54, 1.807) is 83.8 Å². The van der Waals surface area contributed by atoms with Crippen molar-refractivity contribution in [2.45, 2.75) is 19.4 Å². The summed E-state index contributed by atoms with van der Waals surface area (Å²) in [7, 11) is 0. The van der Waals surface area contributed by atoms with Crippen LogP contribution in [0.15, 0.2) is 97.1 Å². The van der Waals surface area contributed by atoms with Crippen LogP contribution in [0.2, 0.25) is 0 Å². The van der Waals surface area contributed by atoms with E-state index in [0.717, 1.165) is 5.56 Å². The molecule has 1 saturated heterocycles. The van der Waals surface area contributed by atoms with Crippen LogP contribution in [0.1, 0.15) is 49.9 Å². The summed E-state index contributed by atoms with van der Waals surface area (Å²) in [5.74, 6) is -1.68. The molecule has 1 heterocycles. The zero-order valence-electron chi connectivity index (χ0n) is 25.8. The fraction of sp³-hybridized carbons (Fsp3) is 0.194. The van der Waals surface area contributed by atoms with E-state index in [-0.39, 0.29) is 17.9 Å². The predicted octanol–water partition coefficient (Wildman–Crippen LogP) is 5.42. The Balaban J connectivity index is 1.36. The lowest BCUT2D eigenvalue weighted by atomic mass is 10.0. The van der Waals surface area contributed by atoms with Crippen LogP contribution in [0.4, 0.5) is 21.9 Å². The van der Waals surface area contributed by atoms with Gasteiger partial charge in [-0.15, -0.1) is 0 Å². The van der Waals surface area contributed by atoms with Gasteiger partial charge in [-0.25, -0.2) is 4.79 Å². The molecule has 1 fully saturated rings. The van der Waals surface area contributed by atoms with Gasteiger partial charge in [0.1, 0.15) is 0 Å². The molecule has 0 bridgehead atoms. The number of nitrogens with one attached hydrogen (secondary N) is 3. The Kier molecular flexibility index (Phi) is 10.1. The van der Waals surface area contributed by atoms with E-state index in [1.807, 2.05) is 30.0 Å². The molecule has 0 aliphatic carbocycles. The molecule has 4 amide bonds. The molecule has 4 aromatic rings. The van der Waals surface area contributed by atoms with E-state index < -0.39 is 23.9 Å². The number of anilines is 3. The number of nitriles is 1. The SMILES string of the molecule is Cc1ccc(C(CC(=O)O)NC(=O)c2ccc(N3CCN(C(=O)c4ccc(C#N)cc4)CC3)c(NC(=O)Nc3ccccc3)c2)cc1. The van der Waals surface area contributed by atoms with E-state index in [1.165, 1.54) is 0 Å². The van der Waals surface area contributed by atoms with Crippen molar-refractivity contribution in [1.29, 1.82) is 5.26 Å². The van der Waals surface area contributed by atoms with E-state index >= 15 is 0 Å². The van der Waals surface area contributed by atoms with E-state index in [2.05, 4.69) is 22.0 Å². The van der Waals surface area contributed by atoms with Crippen LogP contribution < -0.4 is 20.9 Å². The Hall–Kier alpha value is -6.15. The highest BCUT2D eigenvalue weighted by atomic mass is 16.4. The first kappa shape index (κ1) is 32.2. The number of aliphatic carboxylic acids is 1. The molecule has 0 saturated carbocycles. The third-order valence-corrected chi connectivity index (χ3v) is 7.87. The molecule has 238 valence electrons. The molecule has 11 nitrogen and oxygen atoms in total. The van der Waals surface area contributed by atoms with Crippen LogP contribution in [0.5, 0.6) is 0 Å². The molecule has 1 unspecified atom stereocenters. The van der Waals surface area contributed by atoms with Gasteiger partial charge in [-0.3, -0.25) is 14.4 Å². The van der Waals surface area contributed by atoms with Crippen molar-refractivity contribution in [3.05, 3.63) is 125 Å². The highest BCUT2D eigenvalue weighted by Gasteiger charge is 2.25. The summed E-state index contributed by atoms with van der Waals surface area (Å²) in [5.41, 5.74) is 4.52. The topological polar surface area (TPSA) is 155 Å². The van der Waals surface area contributed by atoms with Crippen molar-refractivity contribution in [1.82, 2.24) is 10.2 Å². The molecule has 1 aliphatic heterocycles. The summed E-state index contributed by atoms with van der Waals surface area (Å²) in [6.07, 6.45) is -0.303. The number of rotatable bonds is 9. The van der Waals surface area contributed by atoms with Crippen LogP contribution >= 0.6 is 0 Å². The molecular formula is C36H34N6O5. The highest BCUT2D eigenvalue weighted by molar-refractivity contribution is 6.04. The van der Waals surface area contributed by atoms with Crippen molar-refractivity contribution >= 4 is 40.9 Å². The Bertz CT molecular complexity index is 1790. The first-order valence-corrected chi connectivity index (χ1v) is 15.1. The minimum Gasteiger partial charge on any atom is -0.481 e. The highest BCUT2D eigenvalue weighted by Crippen LogP contribution is 2.30. The van der Waals surface area contributed by atoms with Gasteiger partial charge in [-0.2, -0.15) is 5.26 Å². The molecule has 0 radical (unpaired) electrons. The second-order valence-corrected chi connectivity index (χ2v) is 11.2. The number of amides is 4. The molecule has 0 spiro atoms. The first-order chi connectivity index (χ1) is 22.7. The number of carbonyl (C=O) groups is 4. The summed E-state index contributed by atoms with van der Waals surface area (Å²) >= 11 is 0. The monoisotopic (exact) mass is 630 g/mol. The zero-order chi connectivity index (χ0) is 33.3. The number of piperazine rings is 1. The van der Waals surface area contributed by atoms with Crippen LogP contribution in [-0.4, -0.2) is 60.0 Å². The zero-order valence-corrected chi connectivity index (χ0v) is 25.8. The molecule has 4 aromatic carbocycles. The second-order valence-electron chi connectivity index (χ2n) is 11.2. The number of aryl methyl sites for hydroxylation is 1. The van der Waals surface area contributed by atoms with E-state index in [9.17, 15) is 24.3 Å². The van der Waals surface area contributed by atoms with Crippen molar-refractivity contribution in [2.24, 2.45) is 0 Å². The van der Waals surface area contributed by atoms with Gasteiger partial charge in [-0.05, 0) is 67.1 Å². The molecular weight excluding hydrogens is 596 g/mol.